The normalized spacial score (nSPS) is 15.0. The minimum absolute atomic E-state index is 0.0448. The Morgan fingerprint density at radius 3 is 2.32 bits per heavy atom. The fourth-order valence-corrected chi connectivity index (χ4v) is 3.84. The van der Waals surface area contributed by atoms with Gasteiger partial charge in [0.15, 0.2) is 11.5 Å². The number of carbonyl (C=O) groups is 1. The molecule has 10 heteroatoms. The fraction of sp³-hybridized carbons (Fsp3) is 0.429. The predicted octanol–water partition coefficient (Wildman–Crippen LogP) is 2.96. The van der Waals surface area contributed by atoms with Crippen molar-refractivity contribution in [3.05, 3.63) is 52.3 Å². The van der Waals surface area contributed by atoms with E-state index in [0.717, 1.165) is 21.2 Å². The average Bonchev–Trinajstić information content (AvgIpc) is 3.17. The Labute approximate surface area is 177 Å². The lowest BCUT2D eigenvalue weighted by atomic mass is 10.1. The average molecular weight is 432 g/mol. The van der Waals surface area contributed by atoms with Crippen molar-refractivity contribution < 1.29 is 18.0 Å². The number of amides is 1. The number of hydrogen-bond donors (Lipinski definition) is 0. The first-order valence-electron chi connectivity index (χ1n) is 10.0. The van der Waals surface area contributed by atoms with Crippen molar-refractivity contribution in [2.24, 2.45) is 0 Å². The van der Waals surface area contributed by atoms with Crippen molar-refractivity contribution in [2.75, 3.05) is 31.1 Å². The summed E-state index contributed by atoms with van der Waals surface area (Å²) in [5, 5.41) is 11.2. The second-order valence-electron chi connectivity index (χ2n) is 7.80. The van der Waals surface area contributed by atoms with Crippen molar-refractivity contribution in [1.82, 2.24) is 24.7 Å². The van der Waals surface area contributed by atoms with Crippen LogP contribution in [-0.2, 0) is 17.4 Å². The molecule has 31 heavy (non-hydrogen) atoms. The lowest BCUT2D eigenvalue weighted by molar-refractivity contribution is -0.146. The molecule has 3 aromatic rings. The van der Waals surface area contributed by atoms with E-state index >= 15 is 0 Å². The molecule has 1 aromatic carbocycles. The van der Waals surface area contributed by atoms with Crippen molar-refractivity contribution >= 4 is 17.4 Å². The van der Waals surface area contributed by atoms with E-state index in [1.54, 1.807) is 11.8 Å². The van der Waals surface area contributed by atoms with Crippen LogP contribution in [0, 0.1) is 20.8 Å². The van der Waals surface area contributed by atoms with Crippen molar-refractivity contribution in [1.29, 1.82) is 0 Å². The summed E-state index contributed by atoms with van der Waals surface area (Å²) >= 11 is 0. The number of nitrogens with zero attached hydrogens (tertiary/aromatic N) is 6. The Hall–Kier alpha value is -3.17. The molecule has 0 N–H and O–H groups in total. The SMILES string of the molecule is Cc1ccccc1CC(=O)N1CCN(c2nn3c(C(F)(F)F)nnc3c(C)c2C)CC1. The summed E-state index contributed by atoms with van der Waals surface area (Å²) in [6.45, 7) is 7.45. The van der Waals surface area contributed by atoms with Crippen molar-refractivity contribution in [3.8, 4) is 0 Å². The van der Waals surface area contributed by atoms with Crippen LogP contribution in [0.4, 0.5) is 19.0 Å². The van der Waals surface area contributed by atoms with Gasteiger partial charge in [-0.2, -0.15) is 17.7 Å². The van der Waals surface area contributed by atoms with Crippen LogP contribution in [0.25, 0.3) is 5.65 Å². The van der Waals surface area contributed by atoms with Gasteiger partial charge in [-0.05, 0) is 31.9 Å². The van der Waals surface area contributed by atoms with E-state index in [0.29, 0.717) is 44.0 Å². The van der Waals surface area contributed by atoms with Crippen molar-refractivity contribution in [2.45, 2.75) is 33.4 Å². The Morgan fingerprint density at radius 1 is 1.00 bits per heavy atom. The standard InChI is InChI=1S/C21H23F3N6O/c1-13-6-4-5-7-16(13)12-17(31)28-8-10-29(11-9-28)19-15(3)14(2)18-25-26-20(21(22,23)24)30(18)27-19/h4-7H,8-12H2,1-3H3. The van der Waals surface area contributed by atoms with Gasteiger partial charge in [0.05, 0.1) is 6.42 Å². The zero-order valence-electron chi connectivity index (χ0n) is 17.6. The van der Waals surface area contributed by atoms with E-state index in [1.165, 1.54) is 0 Å². The van der Waals surface area contributed by atoms with Gasteiger partial charge in [-0.1, -0.05) is 24.3 Å². The molecular formula is C21H23F3N6O. The number of alkyl halides is 3. The molecule has 1 fully saturated rings. The number of rotatable bonds is 3. The first kappa shape index (κ1) is 21.1. The molecule has 1 saturated heterocycles. The molecule has 0 unspecified atom stereocenters. The third-order valence-corrected chi connectivity index (χ3v) is 5.86. The smallest absolute Gasteiger partial charge is 0.351 e. The molecule has 4 rings (SSSR count). The van der Waals surface area contributed by atoms with Crippen LogP contribution in [0.1, 0.15) is 28.1 Å². The second kappa shape index (κ2) is 7.82. The third kappa shape index (κ3) is 3.94. The largest absolute Gasteiger partial charge is 0.453 e. The molecule has 2 aromatic heterocycles. The van der Waals surface area contributed by atoms with Gasteiger partial charge in [0, 0.05) is 37.3 Å². The zero-order chi connectivity index (χ0) is 22.3. The molecule has 0 aliphatic carbocycles. The van der Waals surface area contributed by atoms with E-state index in [1.807, 2.05) is 43.0 Å². The predicted molar refractivity (Wildman–Crippen MR) is 109 cm³/mol. The Kier molecular flexibility index (Phi) is 5.32. The monoisotopic (exact) mass is 432 g/mol. The van der Waals surface area contributed by atoms with E-state index in [4.69, 9.17) is 0 Å². The molecule has 0 radical (unpaired) electrons. The Morgan fingerprint density at radius 2 is 1.68 bits per heavy atom. The van der Waals surface area contributed by atoms with Gasteiger partial charge in [-0.15, -0.1) is 15.3 Å². The summed E-state index contributed by atoms with van der Waals surface area (Å²) < 4.78 is 40.6. The Balaban J connectivity index is 1.53. The topological polar surface area (TPSA) is 66.6 Å². The molecule has 0 saturated carbocycles. The van der Waals surface area contributed by atoms with Crippen LogP contribution < -0.4 is 4.90 Å². The van der Waals surface area contributed by atoms with Gasteiger partial charge in [-0.3, -0.25) is 4.79 Å². The van der Waals surface area contributed by atoms with Crippen LogP contribution in [0.2, 0.25) is 0 Å². The van der Waals surface area contributed by atoms with Gasteiger partial charge in [0.1, 0.15) is 0 Å². The van der Waals surface area contributed by atoms with Crippen LogP contribution in [0.15, 0.2) is 24.3 Å². The summed E-state index contributed by atoms with van der Waals surface area (Å²) in [4.78, 5) is 16.4. The van der Waals surface area contributed by atoms with E-state index < -0.39 is 12.0 Å². The first-order chi connectivity index (χ1) is 14.7. The minimum Gasteiger partial charge on any atom is -0.351 e. The molecule has 3 heterocycles. The number of fused-ring (bicyclic) bond motifs is 1. The zero-order valence-corrected chi connectivity index (χ0v) is 17.6. The van der Waals surface area contributed by atoms with Crippen LogP contribution in [-0.4, -0.2) is 56.8 Å². The molecule has 1 aliphatic rings. The lowest BCUT2D eigenvalue weighted by Crippen LogP contribution is -2.49. The Bertz CT molecular complexity index is 1130. The maximum atomic E-state index is 13.3. The highest BCUT2D eigenvalue weighted by molar-refractivity contribution is 5.79. The van der Waals surface area contributed by atoms with Crippen LogP contribution in [0.5, 0.6) is 0 Å². The summed E-state index contributed by atoms with van der Waals surface area (Å²) in [6.07, 6.45) is -4.31. The number of aryl methyl sites for hydroxylation is 2. The lowest BCUT2D eigenvalue weighted by Gasteiger charge is -2.36. The van der Waals surface area contributed by atoms with Crippen LogP contribution in [0.3, 0.4) is 0 Å². The maximum Gasteiger partial charge on any atom is 0.453 e. The molecule has 164 valence electrons. The summed E-state index contributed by atoms with van der Waals surface area (Å²) in [5.41, 5.74) is 3.54. The molecule has 0 atom stereocenters. The summed E-state index contributed by atoms with van der Waals surface area (Å²) in [5.74, 6) is -0.636. The third-order valence-electron chi connectivity index (χ3n) is 5.86. The van der Waals surface area contributed by atoms with E-state index in [-0.39, 0.29) is 11.6 Å². The number of piperazine rings is 1. The summed E-state index contributed by atoms with van der Waals surface area (Å²) in [6, 6.07) is 7.79. The van der Waals surface area contributed by atoms with Gasteiger partial charge in [0.25, 0.3) is 5.82 Å². The summed E-state index contributed by atoms with van der Waals surface area (Å²) in [7, 11) is 0. The highest BCUT2D eigenvalue weighted by Crippen LogP contribution is 2.30. The number of aromatic nitrogens is 4. The molecule has 1 amide bonds. The van der Waals surface area contributed by atoms with E-state index in [9.17, 15) is 18.0 Å². The number of hydrogen-bond acceptors (Lipinski definition) is 5. The number of carbonyl (C=O) groups excluding carboxylic acids is 1. The molecule has 7 nitrogen and oxygen atoms in total. The maximum absolute atomic E-state index is 13.3. The highest BCUT2D eigenvalue weighted by atomic mass is 19.4. The van der Waals surface area contributed by atoms with E-state index in [2.05, 4.69) is 15.3 Å². The van der Waals surface area contributed by atoms with Gasteiger partial charge >= 0.3 is 6.18 Å². The second-order valence-corrected chi connectivity index (χ2v) is 7.80. The molecular weight excluding hydrogens is 409 g/mol. The highest BCUT2D eigenvalue weighted by Gasteiger charge is 2.38. The van der Waals surface area contributed by atoms with Crippen LogP contribution >= 0.6 is 0 Å². The van der Waals surface area contributed by atoms with Gasteiger partial charge in [-0.25, -0.2) is 0 Å². The van der Waals surface area contributed by atoms with Gasteiger partial charge < -0.3 is 9.80 Å². The molecule has 1 aliphatic heterocycles. The molecule has 0 bridgehead atoms. The van der Waals surface area contributed by atoms with Crippen molar-refractivity contribution in [3.63, 3.8) is 0 Å². The quantitative estimate of drug-likeness (QED) is 0.637. The number of anilines is 1. The van der Waals surface area contributed by atoms with Gasteiger partial charge in [0.2, 0.25) is 5.91 Å². The number of halogens is 3. The minimum atomic E-state index is -4.65. The molecule has 0 spiro atoms. The first-order valence-corrected chi connectivity index (χ1v) is 10.0. The fourth-order valence-electron chi connectivity index (χ4n) is 3.84. The number of benzene rings is 1.